The summed E-state index contributed by atoms with van der Waals surface area (Å²) in [6.07, 6.45) is 2.41. The van der Waals surface area contributed by atoms with Gasteiger partial charge in [0.25, 0.3) is 0 Å². The first-order valence-corrected chi connectivity index (χ1v) is 5.77. The van der Waals surface area contributed by atoms with E-state index in [1.165, 1.54) is 5.56 Å². The van der Waals surface area contributed by atoms with Crippen LogP contribution in [0, 0.1) is 0 Å². The fraction of sp³-hybridized carbons (Fsp3) is 0.385. The van der Waals surface area contributed by atoms with E-state index in [4.69, 9.17) is 0 Å². The van der Waals surface area contributed by atoms with Crippen molar-refractivity contribution in [1.29, 1.82) is 0 Å². The summed E-state index contributed by atoms with van der Waals surface area (Å²) in [5.74, 6) is 0.220. The SMILES string of the molecule is CC(=O)CCNCc1ccc2c(c1)ncn2C. The average molecular weight is 231 g/mol. The number of fused-ring (bicyclic) bond motifs is 1. The number of Topliss-reactive ketones (excluding diaryl/α,β-unsaturated/α-hetero) is 1. The van der Waals surface area contributed by atoms with Crippen molar-refractivity contribution in [3.8, 4) is 0 Å². The minimum absolute atomic E-state index is 0.220. The van der Waals surface area contributed by atoms with Crippen LogP contribution in [0.4, 0.5) is 0 Å². The second kappa shape index (κ2) is 5.10. The lowest BCUT2D eigenvalue weighted by Gasteiger charge is -2.04. The maximum absolute atomic E-state index is 10.8. The van der Waals surface area contributed by atoms with Gasteiger partial charge in [-0.25, -0.2) is 4.98 Å². The Kier molecular flexibility index (Phi) is 3.54. The van der Waals surface area contributed by atoms with Crippen LogP contribution >= 0.6 is 0 Å². The number of carbonyl (C=O) groups is 1. The molecule has 17 heavy (non-hydrogen) atoms. The Hall–Kier alpha value is -1.68. The third-order valence-corrected chi connectivity index (χ3v) is 2.77. The predicted molar refractivity (Wildman–Crippen MR) is 67.7 cm³/mol. The standard InChI is InChI=1S/C13H17N3O/c1-10(17)5-6-14-8-11-3-4-13-12(7-11)15-9-16(13)2/h3-4,7,9,14H,5-6,8H2,1-2H3. The average Bonchev–Trinajstić information content (AvgIpc) is 2.66. The Morgan fingerprint density at radius 3 is 3.06 bits per heavy atom. The number of aromatic nitrogens is 2. The molecule has 90 valence electrons. The monoisotopic (exact) mass is 231 g/mol. The number of imidazole rings is 1. The highest BCUT2D eigenvalue weighted by Crippen LogP contribution is 2.13. The highest BCUT2D eigenvalue weighted by Gasteiger charge is 2.01. The third-order valence-electron chi connectivity index (χ3n) is 2.77. The summed E-state index contributed by atoms with van der Waals surface area (Å²) in [6, 6.07) is 6.24. The minimum Gasteiger partial charge on any atom is -0.334 e. The van der Waals surface area contributed by atoms with Crippen molar-refractivity contribution in [3.05, 3.63) is 30.1 Å². The molecule has 0 aliphatic heterocycles. The molecule has 0 aliphatic rings. The van der Waals surface area contributed by atoms with E-state index in [-0.39, 0.29) is 5.78 Å². The van der Waals surface area contributed by atoms with E-state index in [9.17, 15) is 4.79 Å². The van der Waals surface area contributed by atoms with Crippen LogP contribution in [0.15, 0.2) is 24.5 Å². The van der Waals surface area contributed by atoms with Crippen molar-refractivity contribution in [2.45, 2.75) is 19.9 Å². The molecule has 0 saturated carbocycles. The van der Waals surface area contributed by atoms with E-state index in [1.54, 1.807) is 6.92 Å². The highest BCUT2D eigenvalue weighted by molar-refractivity contribution is 5.76. The number of nitrogens with one attached hydrogen (secondary N) is 1. The molecule has 0 amide bonds. The Bertz CT molecular complexity index is 530. The molecule has 1 aromatic heterocycles. The zero-order valence-corrected chi connectivity index (χ0v) is 10.2. The number of hydrogen-bond acceptors (Lipinski definition) is 3. The molecule has 4 nitrogen and oxygen atoms in total. The molecule has 1 aromatic carbocycles. The van der Waals surface area contributed by atoms with E-state index in [0.29, 0.717) is 6.42 Å². The second-order valence-corrected chi connectivity index (χ2v) is 4.31. The van der Waals surface area contributed by atoms with Crippen molar-refractivity contribution >= 4 is 16.8 Å². The molecule has 0 atom stereocenters. The lowest BCUT2D eigenvalue weighted by atomic mass is 10.2. The molecule has 2 aromatic rings. The van der Waals surface area contributed by atoms with Gasteiger partial charge in [-0.05, 0) is 24.6 Å². The van der Waals surface area contributed by atoms with Gasteiger partial charge >= 0.3 is 0 Å². The molecule has 0 radical (unpaired) electrons. The van der Waals surface area contributed by atoms with Gasteiger partial charge in [0.1, 0.15) is 5.78 Å². The first kappa shape index (κ1) is 11.8. The van der Waals surface area contributed by atoms with Crippen molar-refractivity contribution in [2.24, 2.45) is 7.05 Å². The number of ketones is 1. The molecule has 2 rings (SSSR count). The van der Waals surface area contributed by atoms with E-state index in [0.717, 1.165) is 24.1 Å². The lowest BCUT2D eigenvalue weighted by molar-refractivity contribution is -0.116. The van der Waals surface area contributed by atoms with Crippen molar-refractivity contribution in [3.63, 3.8) is 0 Å². The van der Waals surface area contributed by atoms with Crippen LogP contribution in [-0.2, 0) is 18.4 Å². The molecule has 1 N–H and O–H groups in total. The van der Waals surface area contributed by atoms with Gasteiger partial charge in [0, 0.05) is 26.6 Å². The van der Waals surface area contributed by atoms with Crippen LogP contribution in [0.1, 0.15) is 18.9 Å². The van der Waals surface area contributed by atoms with E-state index < -0.39 is 0 Å². The first-order valence-electron chi connectivity index (χ1n) is 5.77. The Balaban J connectivity index is 1.97. The maximum Gasteiger partial charge on any atom is 0.131 e. The summed E-state index contributed by atoms with van der Waals surface area (Å²) in [4.78, 5) is 15.1. The number of hydrogen-bond donors (Lipinski definition) is 1. The fourth-order valence-corrected chi connectivity index (χ4v) is 1.79. The fourth-order valence-electron chi connectivity index (χ4n) is 1.79. The third kappa shape index (κ3) is 2.91. The van der Waals surface area contributed by atoms with Crippen LogP contribution in [0.5, 0.6) is 0 Å². The molecule has 0 fully saturated rings. The number of rotatable bonds is 5. The smallest absolute Gasteiger partial charge is 0.131 e. The minimum atomic E-state index is 0.220. The van der Waals surface area contributed by atoms with Gasteiger partial charge in [-0.1, -0.05) is 6.07 Å². The van der Waals surface area contributed by atoms with Crippen LogP contribution in [-0.4, -0.2) is 21.9 Å². The first-order chi connectivity index (χ1) is 8.16. The van der Waals surface area contributed by atoms with E-state index in [2.05, 4.69) is 28.5 Å². The van der Waals surface area contributed by atoms with E-state index >= 15 is 0 Å². The quantitative estimate of drug-likeness (QED) is 0.796. The molecule has 0 aliphatic carbocycles. The summed E-state index contributed by atoms with van der Waals surface area (Å²) >= 11 is 0. The number of nitrogens with zero attached hydrogens (tertiary/aromatic N) is 2. The normalized spacial score (nSPS) is 10.9. The Labute approximate surface area is 101 Å². The molecule has 1 heterocycles. The van der Waals surface area contributed by atoms with Crippen LogP contribution in [0.3, 0.4) is 0 Å². The molecule has 4 heteroatoms. The zero-order chi connectivity index (χ0) is 12.3. The molecule has 0 saturated heterocycles. The number of benzene rings is 1. The number of carbonyl (C=O) groups excluding carboxylic acids is 1. The molecule has 0 unspecified atom stereocenters. The summed E-state index contributed by atoms with van der Waals surface area (Å²) in [5.41, 5.74) is 3.34. The van der Waals surface area contributed by atoms with Gasteiger partial charge in [-0.2, -0.15) is 0 Å². The van der Waals surface area contributed by atoms with Gasteiger partial charge in [0.2, 0.25) is 0 Å². The Morgan fingerprint density at radius 2 is 2.29 bits per heavy atom. The van der Waals surface area contributed by atoms with Crippen molar-refractivity contribution in [1.82, 2.24) is 14.9 Å². The van der Waals surface area contributed by atoms with Gasteiger partial charge in [0.05, 0.1) is 17.4 Å². The Morgan fingerprint density at radius 1 is 1.47 bits per heavy atom. The lowest BCUT2D eigenvalue weighted by Crippen LogP contribution is -2.16. The van der Waals surface area contributed by atoms with Gasteiger partial charge in [-0.3, -0.25) is 4.79 Å². The molecular weight excluding hydrogens is 214 g/mol. The molecule has 0 bridgehead atoms. The molecule has 0 spiro atoms. The summed E-state index contributed by atoms with van der Waals surface area (Å²) in [7, 11) is 1.99. The predicted octanol–water partition coefficient (Wildman–Crippen LogP) is 1.64. The van der Waals surface area contributed by atoms with Crippen LogP contribution in [0.2, 0.25) is 0 Å². The maximum atomic E-state index is 10.8. The summed E-state index contributed by atoms with van der Waals surface area (Å²) in [6.45, 7) is 3.12. The summed E-state index contributed by atoms with van der Waals surface area (Å²) in [5, 5.41) is 3.25. The summed E-state index contributed by atoms with van der Waals surface area (Å²) < 4.78 is 2.00. The van der Waals surface area contributed by atoms with Gasteiger partial charge < -0.3 is 9.88 Å². The largest absolute Gasteiger partial charge is 0.334 e. The topological polar surface area (TPSA) is 46.9 Å². The second-order valence-electron chi connectivity index (χ2n) is 4.31. The van der Waals surface area contributed by atoms with Crippen LogP contribution < -0.4 is 5.32 Å². The van der Waals surface area contributed by atoms with E-state index in [1.807, 2.05) is 17.9 Å². The van der Waals surface area contributed by atoms with Gasteiger partial charge in [0.15, 0.2) is 0 Å². The highest BCUT2D eigenvalue weighted by atomic mass is 16.1. The van der Waals surface area contributed by atoms with Crippen LogP contribution in [0.25, 0.3) is 11.0 Å². The van der Waals surface area contributed by atoms with Gasteiger partial charge in [-0.15, -0.1) is 0 Å². The van der Waals surface area contributed by atoms with Crippen molar-refractivity contribution in [2.75, 3.05) is 6.54 Å². The zero-order valence-electron chi connectivity index (χ0n) is 10.2. The number of aryl methyl sites for hydroxylation is 1. The molecular formula is C13H17N3O. The van der Waals surface area contributed by atoms with Crippen molar-refractivity contribution < 1.29 is 4.79 Å².